The van der Waals surface area contributed by atoms with Crippen molar-refractivity contribution in [2.75, 3.05) is 12.4 Å². The second kappa shape index (κ2) is 6.68. The van der Waals surface area contributed by atoms with E-state index in [4.69, 9.17) is 9.15 Å². The Hall–Kier alpha value is -2.67. The summed E-state index contributed by atoms with van der Waals surface area (Å²) in [5, 5.41) is 3.26. The van der Waals surface area contributed by atoms with Crippen molar-refractivity contribution in [3.8, 4) is 5.75 Å². The number of furan rings is 1. The highest BCUT2D eigenvalue weighted by Gasteiger charge is 2.20. The number of nitrogens with one attached hydrogen (secondary N) is 1. The molecule has 2 heterocycles. The minimum atomic E-state index is -0.361. The van der Waals surface area contributed by atoms with Crippen LogP contribution in [0.25, 0.3) is 11.0 Å². The molecule has 7 heteroatoms. The maximum atomic E-state index is 12.7. The molecule has 128 valence electrons. The Bertz CT molecular complexity index is 994. The molecule has 2 aromatic heterocycles. The fourth-order valence-corrected chi connectivity index (χ4v) is 2.99. The molecule has 0 saturated heterocycles. The van der Waals surface area contributed by atoms with Gasteiger partial charge in [0.2, 0.25) is 0 Å². The first kappa shape index (κ1) is 17.2. The van der Waals surface area contributed by atoms with Crippen LogP contribution in [0.4, 0.5) is 5.82 Å². The summed E-state index contributed by atoms with van der Waals surface area (Å²) in [5.41, 5.74) is 1.69. The van der Waals surface area contributed by atoms with E-state index in [9.17, 15) is 9.59 Å². The van der Waals surface area contributed by atoms with E-state index in [1.165, 1.54) is 14.0 Å². The number of fused-ring (bicyclic) bond motifs is 1. The summed E-state index contributed by atoms with van der Waals surface area (Å²) in [6.07, 6.45) is 1.66. The van der Waals surface area contributed by atoms with Gasteiger partial charge in [-0.3, -0.25) is 9.59 Å². The molecule has 3 aromatic rings. The second-order valence-corrected chi connectivity index (χ2v) is 6.38. The minimum absolute atomic E-state index is 0.170. The van der Waals surface area contributed by atoms with Crippen molar-refractivity contribution >= 4 is 44.4 Å². The standard InChI is InChI=1S/C18H15BrN2O4/c1-9-6-13(19)17(20-8-9)21-18(23)11-4-5-14(24-3)16-12(11)7-15(25-16)10(2)22/h4-8H,1-3H3,(H,20,21,23). The van der Waals surface area contributed by atoms with Crippen molar-refractivity contribution in [2.45, 2.75) is 13.8 Å². The number of pyridine rings is 1. The molecule has 0 unspecified atom stereocenters. The Balaban J connectivity index is 2.05. The molecule has 0 radical (unpaired) electrons. The van der Waals surface area contributed by atoms with E-state index in [2.05, 4.69) is 26.2 Å². The zero-order chi connectivity index (χ0) is 18.1. The topological polar surface area (TPSA) is 81.4 Å². The average Bonchev–Trinajstić information content (AvgIpc) is 3.02. The van der Waals surface area contributed by atoms with Crippen molar-refractivity contribution in [2.24, 2.45) is 0 Å². The maximum Gasteiger partial charge on any atom is 0.257 e. The molecule has 0 bridgehead atoms. The number of methoxy groups -OCH3 is 1. The predicted octanol–water partition coefficient (Wildman–Crippen LogP) is 4.36. The van der Waals surface area contributed by atoms with Crippen LogP contribution >= 0.6 is 15.9 Å². The van der Waals surface area contributed by atoms with Gasteiger partial charge in [-0.1, -0.05) is 0 Å². The quantitative estimate of drug-likeness (QED) is 0.655. The van der Waals surface area contributed by atoms with Gasteiger partial charge < -0.3 is 14.5 Å². The first-order valence-electron chi connectivity index (χ1n) is 7.45. The van der Waals surface area contributed by atoms with Crippen LogP contribution in [0.1, 0.15) is 33.4 Å². The fourth-order valence-electron chi connectivity index (χ4n) is 2.43. The molecule has 0 atom stereocenters. The van der Waals surface area contributed by atoms with Gasteiger partial charge in [-0.2, -0.15) is 0 Å². The van der Waals surface area contributed by atoms with Crippen LogP contribution in [0.15, 0.2) is 39.4 Å². The Morgan fingerprint density at radius 1 is 1.28 bits per heavy atom. The number of halogens is 1. The Morgan fingerprint density at radius 2 is 2.04 bits per heavy atom. The number of amides is 1. The van der Waals surface area contributed by atoms with Gasteiger partial charge in [0.25, 0.3) is 5.91 Å². The summed E-state index contributed by atoms with van der Waals surface area (Å²) >= 11 is 3.38. The third kappa shape index (κ3) is 3.28. The lowest BCUT2D eigenvalue weighted by molar-refractivity contribution is 0.0987. The van der Waals surface area contributed by atoms with Gasteiger partial charge in [0.15, 0.2) is 22.9 Å². The van der Waals surface area contributed by atoms with Crippen LogP contribution in [0.5, 0.6) is 5.75 Å². The maximum absolute atomic E-state index is 12.7. The molecule has 0 aliphatic carbocycles. The first-order valence-corrected chi connectivity index (χ1v) is 8.25. The van der Waals surface area contributed by atoms with E-state index < -0.39 is 0 Å². The van der Waals surface area contributed by atoms with Gasteiger partial charge in [0.1, 0.15) is 5.82 Å². The highest BCUT2D eigenvalue weighted by atomic mass is 79.9. The number of Topliss-reactive ketones (excluding diaryl/α,β-unsaturated/α-hetero) is 1. The van der Waals surface area contributed by atoms with Gasteiger partial charge in [-0.25, -0.2) is 4.98 Å². The van der Waals surface area contributed by atoms with Gasteiger partial charge in [0, 0.05) is 18.5 Å². The number of benzene rings is 1. The van der Waals surface area contributed by atoms with Gasteiger partial charge in [-0.05, 0) is 52.7 Å². The highest BCUT2D eigenvalue weighted by Crippen LogP contribution is 2.32. The summed E-state index contributed by atoms with van der Waals surface area (Å²) < 4.78 is 11.5. The number of anilines is 1. The van der Waals surface area contributed by atoms with Gasteiger partial charge in [-0.15, -0.1) is 0 Å². The van der Waals surface area contributed by atoms with Crippen molar-refractivity contribution in [1.29, 1.82) is 0 Å². The molecule has 0 aliphatic heterocycles. The highest BCUT2D eigenvalue weighted by molar-refractivity contribution is 9.10. The van der Waals surface area contributed by atoms with Crippen LogP contribution in [0.3, 0.4) is 0 Å². The van der Waals surface area contributed by atoms with E-state index in [1.807, 2.05) is 13.0 Å². The zero-order valence-corrected chi connectivity index (χ0v) is 15.4. The number of aromatic nitrogens is 1. The van der Waals surface area contributed by atoms with Gasteiger partial charge in [0.05, 0.1) is 17.1 Å². The number of hydrogen-bond acceptors (Lipinski definition) is 5. The van der Waals surface area contributed by atoms with E-state index >= 15 is 0 Å². The number of ether oxygens (including phenoxy) is 1. The normalized spacial score (nSPS) is 10.7. The van der Waals surface area contributed by atoms with Crippen LogP contribution in [-0.2, 0) is 0 Å². The zero-order valence-electron chi connectivity index (χ0n) is 13.8. The Morgan fingerprint density at radius 3 is 2.68 bits per heavy atom. The van der Waals surface area contributed by atoms with Crippen molar-refractivity contribution in [1.82, 2.24) is 4.98 Å². The summed E-state index contributed by atoms with van der Waals surface area (Å²) in [6.45, 7) is 3.31. The van der Waals surface area contributed by atoms with Crippen molar-refractivity contribution in [3.05, 3.63) is 51.8 Å². The molecule has 1 amide bonds. The van der Waals surface area contributed by atoms with E-state index in [0.29, 0.717) is 32.6 Å². The van der Waals surface area contributed by atoms with E-state index in [1.54, 1.807) is 24.4 Å². The average molecular weight is 403 g/mol. The molecule has 1 N–H and O–H groups in total. The lowest BCUT2D eigenvalue weighted by atomic mass is 10.1. The molecule has 0 fully saturated rings. The largest absolute Gasteiger partial charge is 0.493 e. The third-order valence-electron chi connectivity index (χ3n) is 3.67. The second-order valence-electron chi connectivity index (χ2n) is 5.52. The molecule has 0 aliphatic rings. The molecule has 25 heavy (non-hydrogen) atoms. The SMILES string of the molecule is COc1ccc(C(=O)Nc2ncc(C)cc2Br)c2cc(C(C)=O)oc12. The van der Waals surface area contributed by atoms with Crippen LogP contribution in [0.2, 0.25) is 0 Å². The number of rotatable bonds is 4. The van der Waals surface area contributed by atoms with Crippen molar-refractivity contribution in [3.63, 3.8) is 0 Å². The number of ketones is 1. The van der Waals surface area contributed by atoms with Crippen molar-refractivity contribution < 1.29 is 18.7 Å². The van der Waals surface area contributed by atoms with Crippen LogP contribution in [0, 0.1) is 6.92 Å². The molecule has 1 aromatic carbocycles. The molecule has 3 rings (SSSR count). The molecular formula is C18H15BrN2O4. The third-order valence-corrected chi connectivity index (χ3v) is 4.27. The number of carbonyl (C=O) groups is 2. The summed E-state index contributed by atoms with van der Waals surface area (Å²) in [5.74, 6) is 0.444. The smallest absolute Gasteiger partial charge is 0.257 e. The van der Waals surface area contributed by atoms with Gasteiger partial charge >= 0.3 is 0 Å². The number of carbonyl (C=O) groups excluding carboxylic acids is 2. The summed E-state index contributed by atoms with van der Waals surface area (Å²) in [6, 6.07) is 6.66. The van der Waals surface area contributed by atoms with E-state index in [-0.39, 0.29) is 17.5 Å². The number of hydrogen-bond donors (Lipinski definition) is 1. The number of aryl methyl sites for hydroxylation is 1. The monoisotopic (exact) mass is 402 g/mol. The lowest BCUT2D eigenvalue weighted by Gasteiger charge is -2.09. The summed E-state index contributed by atoms with van der Waals surface area (Å²) in [4.78, 5) is 28.5. The van der Waals surface area contributed by atoms with Crippen LogP contribution < -0.4 is 10.1 Å². The fraction of sp³-hybridized carbons (Fsp3) is 0.167. The van der Waals surface area contributed by atoms with Crippen LogP contribution in [-0.4, -0.2) is 23.8 Å². The number of nitrogens with zero attached hydrogens (tertiary/aromatic N) is 1. The Kier molecular flexibility index (Phi) is 4.59. The first-order chi connectivity index (χ1) is 11.9. The molecule has 0 saturated carbocycles. The Labute approximate surface area is 152 Å². The molecular weight excluding hydrogens is 388 g/mol. The minimum Gasteiger partial charge on any atom is -0.493 e. The predicted molar refractivity (Wildman–Crippen MR) is 97.4 cm³/mol. The lowest BCUT2D eigenvalue weighted by Crippen LogP contribution is -2.13. The van der Waals surface area contributed by atoms with E-state index in [0.717, 1.165) is 5.56 Å². The molecule has 6 nitrogen and oxygen atoms in total. The summed E-state index contributed by atoms with van der Waals surface area (Å²) in [7, 11) is 1.50. The molecule has 0 spiro atoms.